The van der Waals surface area contributed by atoms with E-state index >= 15 is 0 Å². The standard InChI is InChI=1S/C19H12F3N5O4/c20-19(21,22)31-15-5-2-12(3-6-15)13-1-4-14(23-9-13)10-26-8-7-25-11-16(27(29)30)24-17(25)18(26)28/h1-9,11H,10H2. The van der Waals surface area contributed by atoms with Crippen molar-refractivity contribution in [3.63, 3.8) is 0 Å². The van der Waals surface area contributed by atoms with E-state index in [-0.39, 0.29) is 17.9 Å². The summed E-state index contributed by atoms with van der Waals surface area (Å²) in [6.45, 7) is 0.106. The third-order valence-corrected chi connectivity index (χ3v) is 4.34. The fraction of sp³-hybridized carbons (Fsp3) is 0.105. The smallest absolute Gasteiger partial charge is 0.406 e. The molecule has 0 radical (unpaired) electrons. The van der Waals surface area contributed by atoms with Gasteiger partial charge in [0.2, 0.25) is 0 Å². The van der Waals surface area contributed by atoms with Crippen molar-refractivity contribution in [2.45, 2.75) is 12.9 Å². The van der Waals surface area contributed by atoms with Gasteiger partial charge >= 0.3 is 23.4 Å². The number of fused-ring (bicyclic) bond motifs is 1. The molecule has 3 heterocycles. The van der Waals surface area contributed by atoms with E-state index in [9.17, 15) is 28.1 Å². The summed E-state index contributed by atoms with van der Waals surface area (Å²) in [4.78, 5) is 30.7. The quantitative estimate of drug-likeness (QED) is 0.354. The number of nitrogens with zero attached hydrogens (tertiary/aromatic N) is 5. The molecule has 9 nitrogen and oxygen atoms in total. The number of alkyl halides is 3. The Morgan fingerprint density at radius 2 is 1.77 bits per heavy atom. The number of halogens is 3. The fourth-order valence-corrected chi connectivity index (χ4v) is 2.93. The van der Waals surface area contributed by atoms with Crippen molar-refractivity contribution in [1.29, 1.82) is 0 Å². The Morgan fingerprint density at radius 3 is 2.39 bits per heavy atom. The van der Waals surface area contributed by atoms with Crippen LogP contribution in [0.3, 0.4) is 0 Å². The van der Waals surface area contributed by atoms with E-state index in [0.717, 1.165) is 6.20 Å². The van der Waals surface area contributed by atoms with Crippen LogP contribution in [-0.4, -0.2) is 30.2 Å². The molecule has 0 bridgehead atoms. The maximum absolute atomic E-state index is 12.5. The van der Waals surface area contributed by atoms with Gasteiger partial charge in [0.05, 0.1) is 12.2 Å². The van der Waals surface area contributed by atoms with E-state index in [2.05, 4.69) is 14.7 Å². The van der Waals surface area contributed by atoms with Crippen LogP contribution in [-0.2, 0) is 6.54 Å². The molecule has 0 atom stereocenters. The highest BCUT2D eigenvalue weighted by atomic mass is 19.4. The van der Waals surface area contributed by atoms with Gasteiger partial charge in [-0.05, 0) is 33.7 Å². The number of benzene rings is 1. The number of ether oxygens (including phenoxy) is 1. The van der Waals surface area contributed by atoms with Crippen molar-refractivity contribution in [3.8, 4) is 16.9 Å². The zero-order chi connectivity index (χ0) is 22.2. The molecule has 1 aromatic carbocycles. The number of hydrogen-bond donors (Lipinski definition) is 0. The lowest BCUT2D eigenvalue weighted by Crippen LogP contribution is -2.22. The first kappa shape index (κ1) is 20.1. The lowest BCUT2D eigenvalue weighted by molar-refractivity contribution is -0.389. The summed E-state index contributed by atoms with van der Waals surface area (Å²) in [5, 5.41) is 10.8. The highest BCUT2D eigenvalue weighted by Crippen LogP contribution is 2.26. The van der Waals surface area contributed by atoms with E-state index in [0.29, 0.717) is 16.8 Å². The molecular formula is C19H12F3N5O4. The number of aromatic nitrogens is 4. The second-order valence-electron chi connectivity index (χ2n) is 6.43. The van der Waals surface area contributed by atoms with Gasteiger partial charge in [0.25, 0.3) is 0 Å². The molecule has 0 fully saturated rings. The van der Waals surface area contributed by atoms with Crippen LogP contribution < -0.4 is 10.3 Å². The van der Waals surface area contributed by atoms with Gasteiger partial charge in [-0.2, -0.15) is 0 Å². The summed E-state index contributed by atoms with van der Waals surface area (Å²) in [5.74, 6) is -0.751. The largest absolute Gasteiger partial charge is 0.573 e. The minimum Gasteiger partial charge on any atom is -0.406 e. The van der Waals surface area contributed by atoms with Gasteiger partial charge in [0.1, 0.15) is 11.9 Å². The molecule has 0 saturated carbocycles. The lowest BCUT2D eigenvalue weighted by atomic mass is 10.1. The van der Waals surface area contributed by atoms with Crippen molar-refractivity contribution in [1.82, 2.24) is 18.9 Å². The second-order valence-corrected chi connectivity index (χ2v) is 6.43. The van der Waals surface area contributed by atoms with Crippen LogP contribution in [0, 0.1) is 10.1 Å². The summed E-state index contributed by atoms with van der Waals surface area (Å²) < 4.78 is 43.2. The van der Waals surface area contributed by atoms with Crippen LogP contribution in [0.4, 0.5) is 19.0 Å². The topological polar surface area (TPSA) is 105 Å². The maximum atomic E-state index is 12.5. The number of pyridine rings is 1. The number of hydrogen-bond acceptors (Lipinski definition) is 6. The highest BCUT2D eigenvalue weighted by Gasteiger charge is 2.31. The van der Waals surface area contributed by atoms with Gasteiger partial charge in [0.15, 0.2) is 0 Å². The van der Waals surface area contributed by atoms with Crippen LogP contribution in [0.25, 0.3) is 16.8 Å². The Bertz CT molecular complexity index is 1310. The molecule has 158 valence electrons. The Labute approximate surface area is 171 Å². The number of imidazole rings is 1. The summed E-state index contributed by atoms with van der Waals surface area (Å²) in [6.07, 6.45) is 0.872. The average molecular weight is 431 g/mol. The van der Waals surface area contributed by atoms with Gasteiger partial charge in [-0.1, -0.05) is 18.2 Å². The molecular weight excluding hydrogens is 419 g/mol. The normalized spacial score (nSPS) is 11.6. The molecule has 0 aliphatic heterocycles. The monoisotopic (exact) mass is 431 g/mol. The third kappa shape index (κ3) is 4.37. The van der Waals surface area contributed by atoms with Crippen molar-refractivity contribution in [3.05, 3.63) is 87.3 Å². The van der Waals surface area contributed by atoms with Crippen LogP contribution >= 0.6 is 0 Å². The maximum Gasteiger partial charge on any atom is 0.573 e. The second kappa shape index (κ2) is 7.55. The Morgan fingerprint density at radius 1 is 1.06 bits per heavy atom. The molecule has 0 N–H and O–H groups in total. The SMILES string of the molecule is O=c1c2nc([N+](=O)[O-])cn2ccn1Cc1ccc(-c2ccc(OC(F)(F)F)cc2)cn1. The zero-order valence-corrected chi connectivity index (χ0v) is 15.5. The van der Waals surface area contributed by atoms with Crippen LogP contribution in [0.2, 0.25) is 0 Å². The van der Waals surface area contributed by atoms with Crippen molar-refractivity contribution >= 4 is 11.5 Å². The molecule has 0 saturated heterocycles. The van der Waals surface area contributed by atoms with Gasteiger partial charge in [-0.3, -0.25) is 14.2 Å². The fourth-order valence-electron chi connectivity index (χ4n) is 2.93. The molecule has 31 heavy (non-hydrogen) atoms. The first-order chi connectivity index (χ1) is 14.7. The average Bonchev–Trinajstić information content (AvgIpc) is 3.16. The van der Waals surface area contributed by atoms with E-state index < -0.39 is 22.7 Å². The minimum absolute atomic E-state index is 0.0769. The van der Waals surface area contributed by atoms with Gasteiger partial charge in [-0.15, -0.1) is 13.2 Å². The number of rotatable bonds is 5. The molecule has 3 aromatic heterocycles. The predicted molar refractivity (Wildman–Crippen MR) is 102 cm³/mol. The Hall–Kier alpha value is -4.22. The predicted octanol–water partition coefficient (Wildman–Crippen LogP) is 3.41. The minimum atomic E-state index is -4.76. The highest BCUT2D eigenvalue weighted by molar-refractivity contribution is 5.63. The van der Waals surface area contributed by atoms with Crippen LogP contribution in [0.1, 0.15) is 5.69 Å². The van der Waals surface area contributed by atoms with Gasteiger partial charge in [-0.25, -0.2) is 0 Å². The number of nitro groups is 1. The Balaban J connectivity index is 1.53. The summed E-state index contributed by atoms with van der Waals surface area (Å²) >= 11 is 0. The molecule has 4 aromatic rings. The third-order valence-electron chi connectivity index (χ3n) is 4.34. The van der Waals surface area contributed by atoms with Crippen molar-refractivity contribution < 1.29 is 22.8 Å². The molecule has 4 rings (SSSR count). The van der Waals surface area contributed by atoms with Gasteiger partial charge < -0.3 is 19.4 Å². The summed E-state index contributed by atoms with van der Waals surface area (Å²) in [5.41, 5.74) is 1.24. The van der Waals surface area contributed by atoms with E-state index in [1.165, 1.54) is 51.8 Å². The first-order valence-corrected chi connectivity index (χ1v) is 8.73. The zero-order valence-electron chi connectivity index (χ0n) is 15.5. The van der Waals surface area contributed by atoms with Gasteiger partial charge in [0, 0.05) is 24.2 Å². The Kier molecular flexibility index (Phi) is 4.89. The molecule has 0 aliphatic rings. The van der Waals surface area contributed by atoms with Crippen molar-refractivity contribution in [2.75, 3.05) is 0 Å². The lowest BCUT2D eigenvalue weighted by Gasteiger charge is -2.09. The first-order valence-electron chi connectivity index (χ1n) is 8.73. The molecule has 0 spiro atoms. The molecule has 12 heteroatoms. The van der Waals surface area contributed by atoms with E-state index in [1.807, 2.05) is 0 Å². The van der Waals surface area contributed by atoms with E-state index in [4.69, 9.17) is 0 Å². The summed E-state index contributed by atoms with van der Waals surface area (Å²) in [7, 11) is 0. The molecule has 0 amide bonds. The molecule has 0 aliphatic carbocycles. The van der Waals surface area contributed by atoms with Crippen LogP contribution in [0.15, 0.2) is 66.0 Å². The summed E-state index contributed by atoms with van der Waals surface area (Å²) in [6, 6.07) is 8.74. The van der Waals surface area contributed by atoms with E-state index in [1.54, 1.807) is 12.1 Å². The van der Waals surface area contributed by atoms with Crippen molar-refractivity contribution in [2.24, 2.45) is 0 Å². The van der Waals surface area contributed by atoms with Crippen LogP contribution in [0.5, 0.6) is 5.75 Å². The molecule has 0 unspecified atom stereocenters.